The lowest BCUT2D eigenvalue weighted by molar-refractivity contribution is -0.273. The molecule has 2 heterocycles. The highest BCUT2D eigenvalue weighted by molar-refractivity contribution is 7.99. The van der Waals surface area contributed by atoms with Crippen LogP contribution in [0, 0.1) is 33.6 Å². The fourth-order valence-electron chi connectivity index (χ4n) is 4.14. The molecule has 1 aliphatic heterocycles. The number of aromatic nitrogens is 3. The molecule has 4 aromatic rings. The van der Waals surface area contributed by atoms with Gasteiger partial charge in [0, 0.05) is 25.5 Å². The Morgan fingerprint density at radius 3 is 1.72 bits per heavy atom. The van der Waals surface area contributed by atoms with E-state index in [0.717, 1.165) is 41.7 Å². The minimum atomic E-state index is -5.40. The van der Waals surface area contributed by atoms with Crippen LogP contribution in [0.1, 0.15) is 82.0 Å². The molecule has 276 valence electrons. The smallest absolute Gasteiger partial charge is 0.268 e. The molecule has 0 aliphatic carbocycles. The first-order chi connectivity index (χ1) is 23.5. The van der Waals surface area contributed by atoms with Crippen LogP contribution in [0.4, 0.5) is 22.0 Å². The van der Waals surface area contributed by atoms with Crippen molar-refractivity contribution in [3.8, 4) is 29.9 Å². The molecule has 5 rings (SSSR count). The van der Waals surface area contributed by atoms with Crippen LogP contribution in [0.15, 0.2) is 72.8 Å². The van der Waals surface area contributed by atoms with E-state index in [4.69, 9.17) is 5.84 Å². The molecule has 0 saturated carbocycles. The van der Waals surface area contributed by atoms with E-state index >= 15 is 0 Å². The molecule has 0 amide bonds. The van der Waals surface area contributed by atoms with Gasteiger partial charge in [-0.1, -0.05) is 106 Å². The first kappa shape index (κ1) is 46.3. The van der Waals surface area contributed by atoms with Crippen LogP contribution in [0.5, 0.6) is 0 Å². The fraction of sp³-hybridized carbons (Fsp3) is 0.436. The second kappa shape index (κ2) is 23.6. The van der Waals surface area contributed by atoms with Crippen molar-refractivity contribution in [2.24, 2.45) is 5.84 Å². The largest absolute Gasteiger partial charge is 0.452 e. The van der Waals surface area contributed by atoms with Gasteiger partial charge in [0.05, 0.1) is 11.6 Å². The van der Waals surface area contributed by atoms with Crippen molar-refractivity contribution in [2.45, 2.75) is 93.2 Å². The highest BCUT2D eigenvalue weighted by atomic mass is 32.2. The van der Waals surface area contributed by atoms with Gasteiger partial charge in [0.2, 0.25) is 0 Å². The van der Waals surface area contributed by atoms with Gasteiger partial charge in [-0.3, -0.25) is 5.84 Å². The monoisotopic (exact) mass is 719 g/mol. The summed E-state index contributed by atoms with van der Waals surface area (Å²) in [5, 5.41) is 6.54. The number of alkyl halides is 5. The second-order valence-corrected chi connectivity index (χ2v) is 12.5. The Balaban J connectivity index is 0.000000693. The number of aryl methyl sites for hydroxylation is 4. The topological polar surface area (TPSA) is 60.0 Å². The molecule has 1 aliphatic rings. The molecule has 1 fully saturated rings. The summed E-state index contributed by atoms with van der Waals surface area (Å²) in [7, 11) is 0. The van der Waals surface area contributed by atoms with Gasteiger partial charge in [-0.15, -0.1) is 29.7 Å². The first-order valence-electron chi connectivity index (χ1n) is 16.5. The molecule has 2 N–H and O–H groups in total. The van der Waals surface area contributed by atoms with E-state index in [1.54, 1.807) is 0 Å². The standard InChI is InChI=1S/C18H19N3.C10H14.C4H10N2S.C3H3F5.C2H6.C2H2/c1-4-17-19-18(15-9-5-13(2)6-10-15)20-21(17)16-11-7-14(3)8-12-16;1-8(2)10-7-5-4-6-9(10)3;5-6-2-1-3-7-4-6;1-2(4,5)3(6,7)8;2*1-2/h5-12H,4H2,1-3H3;4-8H,1-3H3;1-5H2;1H3;1-2H3;1-2H. The van der Waals surface area contributed by atoms with Crippen LogP contribution in [0.2, 0.25) is 0 Å². The molecule has 1 saturated heterocycles. The van der Waals surface area contributed by atoms with Crippen molar-refractivity contribution >= 4 is 11.8 Å². The van der Waals surface area contributed by atoms with Gasteiger partial charge in [0.15, 0.2) is 5.82 Å². The van der Waals surface area contributed by atoms with Crippen molar-refractivity contribution < 1.29 is 22.0 Å². The Hall–Kier alpha value is -3.72. The molecular formula is C39H54F5N5S. The number of terminal acetylenes is 1. The zero-order valence-corrected chi connectivity index (χ0v) is 31.7. The quantitative estimate of drug-likeness (QED) is 0.129. The predicted molar refractivity (Wildman–Crippen MR) is 202 cm³/mol. The Bertz CT molecular complexity index is 1470. The van der Waals surface area contributed by atoms with Crippen molar-refractivity contribution in [2.75, 3.05) is 18.2 Å². The highest BCUT2D eigenvalue weighted by Crippen LogP contribution is 2.34. The van der Waals surface area contributed by atoms with Crippen molar-refractivity contribution in [3.63, 3.8) is 0 Å². The Kier molecular flexibility index (Phi) is 21.9. The zero-order valence-electron chi connectivity index (χ0n) is 30.9. The molecule has 50 heavy (non-hydrogen) atoms. The lowest BCUT2D eigenvalue weighted by Crippen LogP contribution is -2.34. The predicted octanol–water partition coefficient (Wildman–Crippen LogP) is 11.0. The summed E-state index contributed by atoms with van der Waals surface area (Å²) in [6, 6.07) is 25.2. The number of hydrogen-bond acceptors (Lipinski definition) is 5. The number of thioether (sulfide) groups is 1. The minimum Gasteiger partial charge on any atom is -0.268 e. The lowest BCUT2D eigenvalue weighted by atomic mass is 9.99. The fourth-order valence-corrected chi connectivity index (χ4v) is 4.97. The summed E-state index contributed by atoms with van der Waals surface area (Å²) in [6.45, 7) is 17.8. The molecule has 5 nitrogen and oxygen atoms in total. The maximum atomic E-state index is 11.1. The number of nitrogens with two attached hydrogens (primary N) is 1. The zero-order chi connectivity index (χ0) is 38.5. The van der Waals surface area contributed by atoms with Gasteiger partial charge in [0.25, 0.3) is 0 Å². The van der Waals surface area contributed by atoms with E-state index in [2.05, 4.69) is 137 Å². The van der Waals surface area contributed by atoms with Crippen molar-refractivity contribution in [3.05, 3.63) is 101 Å². The number of benzene rings is 3. The van der Waals surface area contributed by atoms with Crippen molar-refractivity contribution in [1.29, 1.82) is 0 Å². The normalized spacial score (nSPS) is 12.6. The Morgan fingerprint density at radius 2 is 1.36 bits per heavy atom. The average molecular weight is 720 g/mol. The average Bonchev–Trinajstić information content (AvgIpc) is 3.52. The van der Waals surface area contributed by atoms with Gasteiger partial charge >= 0.3 is 12.1 Å². The van der Waals surface area contributed by atoms with E-state index < -0.39 is 12.1 Å². The van der Waals surface area contributed by atoms with Crippen LogP contribution >= 0.6 is 11.8 Å². The number of hydrogen-bond donors (Lipinski definition) is 1. The van der Waals surface area contributed by atoms with Gasteiger partial charge < -0.3 is 0 Å². The third kappa shape index (κ3) is 16.8. The van der Waals surface area contributed by atoms with Crippen LogP contribution < -0.4 is 5.84 Å². The molecule has 0 bridgehead atoms. The van der Waals surface area contributed by atoms with Crippen LogP contribution in [-0.2, 0) is 6.42 Å². The molecule has 11 heteroatoms. The van der Waals surface area contributed by atoms with E-state index in [0.29, 0.717) is 5.92 Å². The summed E-state index contributed by atoms with van der Waals surface area (Å²) in [6.07, 6.45) is 4.71. The van der Waals surface area contributed by atoms with Gasteiger partial charge in [-0.05, 0) is 62.1 Å². The third-order valence-corrected chi connectivity index (χ3v) is 7.97. The van der Waals surface area contributed by atoms with Crippen LogP contribution in [0.25, 0.3) is 17.1 Å². The van der Waals surface area contributed by atoms with E-state index in [9.17, 15) is 22.0 Å². The minimum absolute atomic E-state index is 0.188. The molecule has 0 radical (unpaired) electrons. The number of rotatable bonds is 4. The van der Waals surface area contributed by atoms with Gasteiger partial charge in [0.1, 0.15) is 5.82 Å². The van der Waals surface area contributed by atoms with Crippen LogP contribution in [0.3, 0.4) is 0 Å². The molecule has 3 aromatic carbocycles. The highest BCUT2D eigenvalue weighted by Gasteiger charge is 2.53. The Labute approximate surface area is 300 Å². The number of nitrogens with zero attached hydrogens (tertiary/aromatic N) is 4. The molecule has 0 atom stereocenters. The van der Waals surface area contributed by atoms with E-state index in [-0.39, 0.29) is 6.92 Å². The summed E-state index contributed by atoms with van der Waals surface area (Å²) < 4.78 is 56.6. The lowest BCUT2D eigenvalue weighted by Gasteiger charge is -2.19. The molecule has 0 unspecified atom stereocenters. The molecule has 1 aromatic heterocycles. The maximum Gasteiger partial charge on any atom is 0.452 e. The molecular weight excluding hydrogens is 666 g/mol. The Morgan fingerprint density at radius 1 is 0.860 bits per heavy atom. The SMILES string of the molecule is C#C.CC.CC(F)(F)C(F)(F)F.CCc1nc(-c2ccc(C)cc2)nn1-c1ccc(C)cc1.Cc1ccccc1C(C)C.NN1CCCSC1. The van der Waals surface area contributed by atoms with Gasteiger partial charge in [-0.25, -0.2) is 14.7 Å². The summed E-state index contributed by atoms with van der Waals surface area (Å²) >= 11 is 1.90. The molecule has 0 spiro atoms. The number of hydrazine groups is 1. The first-order valence-corrected chi connectivity index (χ1v) is 17.7. The van der Waals surface area contributed by atoms with Crippen molar-refractivity contribution in [1.82, 2.24) is 19.8 Å². The maximum absolute atomic E-state index is 11.1. The summed E-state index contributed by atoms with van der Waals surface area (Å²) in [5.41, 5.74) is 7.47. The summed E-state index contributed by atoms with van der Waals surface area (Å²) in [4.78, 5) is 4.68. The van der Waals surface area contributed by atoms with Crippen LogP contribution in [-0.4, -0.2) is 50.0 Å². The summed E-state index contributed by atoms with van der Waals surface area (Å²) in [5.74, 6) is 5.60. The van der Waals surface area contributed by atoms with E-state index in [1.165, 1.54) is 34.4 Å². The third-order valence-electron chi connectivity index (χ3n) is 6.88. The second-order valence-electron chi connectivity index (χ2n) is 11.4. The van der Waals surface area contributed by atoms with Gasteiger partial charge in [-0.2, -0.15) is 22.0 Å². The van der Waals surface area contributed by atoms with E-state index in [1.807, 2.05) is 35.3 Å². The number of halogens is 5.